The number of hydrogen-bond donors (Lipinski definition) is 1. The molecule has 2 N–H and O–H groups in total. The van der Waals surface area contributed by atoms with Crippen molar-refractivity contribution in [3.8, 4) is 0 Å². The van der Waals surface area contributed by atoms with Gasteiger partial charge in [0.1, 0.15) is 0 Å². The van der Waals surface area contributed by atoms with Crippen LogP contribution in [0.1, 0.15) is 26.2 Å². The van der Waals surface area contributed by atoms with Crippen LogP contribution in [0.25, 0.3) is 0 Å². The van der Waals surface area contributed by atoms with E-state index in [1.807, 2.05) is 0 Å². The van der Waals surface area contributed by atoms with Crippen molar-refractivity contribution in [2.45, 2.75) is 26.2 Å². The summed E-state index contributed by atoms with van der Waals surface area (Å²) in [4.78, 5) is 0. The van der Waals surface area contributed by atoms with Gasteiger partial charge in [-0.15, -0.1) is 0 Å². The van der Waals surface area contributed by atoms with E-state index in [-0.39, 0.29) is 0 Å². The Hall–Kier alpha value is 0.440. The van der Waals surface area contributed by atoms with Crippen LogP contribution >= 0.6 is 15.9 Å². The zero-order valence-corrected chi connectivity index (χ0v) is 7.65. The molecular weight excluding hydrogens is 178 g/mol. The first-order valence-electron chi connectivity index (χ1n) is 3.57. The Morgan fingerprint density at radius 3 is 2.56 bits per heavy atom. The molecule has 0 rings (SSSR count). The van der Waals surface area contributed by atoms with E-state index in [4.69, 9.17) is 5.73 Å². The molecule has 2 heteroatoms. The van der Waals surface area contributed by atoms with Gasteiger partial charge in [0.25, 0.3) is 0 Å². The summed E-state index contributed by atoms with van der Waals surface area (Å²) in [5.41, 5.74) is 5.34. The third-order valence-corrected chi connectivity index (χ3v) is 2.52. The lowest BCUT2D eigenvalue weighted by atomic mass is 10.1. The second kappa shape index (κ2) is 6.56. The lowest BCUT2D eigenvalue weighted by Gasteiger charge is -2.04. The molecule has 0 bridgehead atoms. The number of hydrogen-bond acceptors (Lipinski definition) is 1. The van der Waals surface area contributed by atoms with Crippen molar-refractivity contribution >= 4 is 15.9 Å². The predicted octanol–water partition coefficient (Wildman–Crippen LogP) is 2.15. The maximum atomic E-state index is 5.34. The van der Waals surface area contributed by atoms with Crippen LogP contribution in [-0.4, -0.2) is 11.9 Å². The fourth-order valence-electron chi connectivity index (χ4n) is 0.714. The fraction of sp³-hybridized carbons (Fsp3) is 1.00. The van der Waals surface area contributed by atoms with Crippen molar-refractivity contribution in [2.75, 3.05) is 11.9 Å². The largest absolute Gasteiger partial charge is 0.330 e. The van der Waals surface area contributed by atoms with Gasteiger partial charge in [0.15, 0.2) is 0 Å². The van der Waals surface area contributed by atoms with E-state index in [1.165, 1.54) is 19.3 Å². The third kappa shape index (κ3) is 6.32. The molecule has 0 fully saturated rings. The summed E-state index contributed by atoms with van der Waals surface area (Å²) in [5.74, 6) is 0.816. The minimum absolute atomic E-state index is 0.816. The van der Waals surface area contributed by atoms with E-state index in [1.54, 1.807) is 0 Å². The molecule has 1 unspecified atom stereocenters. The average molecular weight is 194 g/mol. The number of nitrogens with two attached hydrogens (primary N) is 1. The molecule has 56 valence electrons. The highest BCUT2D eigenvalue weighted by molar-refractivity contribution is 9.09. The summed E-state index contributed by atoms with van der Waals surface area (Å²) in [6.07, 6.45) is 3.77. The van der Waals surface area contributed by atoms with Gasteiger partial charge in [-0.25, -0.2) is 0 Å². The zero-order chi connectivity index (χ0) is 7.11. The van der Waals surface area contributed by atoms with Gasteiger partial charge in [0, 0.05) is 5.33 Å². The highest BCUT2D eigenvalue weighted by Crippen LogP contribution is 2.09. The third-order valence-electron chi connectivity index (χ3n) is 1.41. The van der Waals surface area contributed by atoms with E-state index >= 15 is 0 Å². The molecule has 0 saturated heterocycles. The summed E-state index contributed by atoms with van der Waals surface area (Å²) in [7, 11) is 0. The SMILES string of the molecule is CC(CBr)CCCCN. The molecule has 0 spiro atoms. The monoisotopic (exact) mass is 193 g/mol. The van der Waals surface area contributed by atoms with Crippen molar-refractivity contribution < 1.29 is 0 Å². The normalized spacial score (nSPS) is 13.7. The summed E-state index contributed by atoms with van der Waals surface area (Å²) in [6, 6.07) is 0. The molecule has 1 nitrogen and oxygen atoms in total. The molecule has 0 aromatic carbocycles. The Bertz CT molecular complexity index is 56.9. The summed E-state index contributed by atoms with van der Waals surface area (Å²) in [6.45, 7) is 3.10. The molecule has 0 aliphatic rings. The summed E-state index contributed by atoms with van der Waals surface area (Å²) >= 11 is 3.44. The maximum Gasteiger partial charge on any atom is 0.00570 e. The van der Waals surface area contributed by atoms with Crippen molar-refractivity contribution in [1.82, 2.24) is 0 Å². The van der Waals surface area contributed by atoms with Crippen molar-refractivity contribution in [3.05, 3.63) is 0 Å². The standard InChI is InChI=1S/C7H16BrN/c1-7(6-8)4-2-3-5-9/h7H,2-6,9H2,1H3. The van der Waals surface area contributed by atoms with Gasteiger partial charge >= 0.3 is 0 Å². The van der Waals surface area contributed by atoms with Crippen LogP contribution in [0.2, 0.25) is 0 Å². The molecule has 1 atom stereocenters. The second-order valence-corrected chi connectivity index (χ2v) is 3.19. The highest BCUT2D eigenvalue weighted by atomic mass is 79.9. The van der Waals surface area contributed by atoms with E-state index < -0.39 is 0 Å². The van der Waals surface area contributed by atoms with Gasteiger partial charge < -0.3 is 5.73 Å². The van der Waals surface area contributed by atoms with Gasteiger partial charge in [-0.2, -0.15) is 0 Å². The van der Waals surface area contributed by atoms with Crippen LogP contribution in [-0.2, 0) is 0 Å². The Labute approximate surface area is 66.1 Å². The number of unbranched alkanes of at least 4 members (excludes halogenated alkanes) is 1. The summed E-state index contributed by atoms with van der Waals surface area (Å²) in [5, 5.41) is 1.12. The second-order valence-electron chi connectivity index (χ2n) is 2.54. The van der Waals surface area contributed by atoms with Gasteiger partial charge in [0.2, 0.25) is 0 Å². The first kappa shape index (κ1) is 9.44. The van der Waals surface area contributed by atoms with Crippen molar-refractivity contribution in [2.24, 2.45) is 11.7 Å². The molecule has 0 saturated carbocycles. The van der Waals surface area contributed by atoms with E-state index in [0.29, 0.717) is 0 Å². The molecule has 0 aromatic rings. The van der Waals surface area contributed by atoms with Crippen molar-refractivity contribution in [3.63, 3.8) is 0 Å². The molecule has 0 amide bonds. The lowest BCUT2D eigenvalue weighted by Crippen LogP contribution is -2.01. The molecule has 9 heavy (non-hydrogen) atoms. The Kier molecular flexibility index (Phi) is 6.88. The quantitative estimate of drug-likeness (QED) is 0.526. The van der Waals surface area contributed by atoms with Crippen LogP contribution < -0.4 is 5.73 Å². The van der Waals surface area contributed by atoms with Gasteiger partial charge in [-0.1, -0.05) is 29.3 Å². The average Bonchev–Trinajstić information content (AvgIpc) is 1.89. The fourth-order valence-corrected chi connectivity index (χ4v) is 1.04. The molecule has 0 aliphatic carbocycles. The van der Waals surface area contributed by atoms with Crippen LogP contribution in [0, 0.1) is 5.92 Å². The first-order valence-corrected chi connectivity index (χ1v) is 4.69. The molecular formula is C7H16BrN. The Balaban J connectivity index is 2.88. The van der Waals surface area contributed by atoms with Gasteiger partial charge in [-0.05, 0) is 25.3 Å². The number of alkyl halides is 1. The van der Waals surface area contributed by atoms with Gasteiger partial charge in [-0.3, -0.25) is 0 Å². The predicted molar refractivity (Wildman–Crippen MR) is 45.9 cm³/mol. The molecule has 0 aromatic heterocycles. The van der Waals surface area contributed by atoms with Crippen LogP contribution in [0.15, 0.2) is 0 Å². The highest BCUT2D eigenvalue weighted by Gasteiger charge is 1.96. The van der Waals surface area contributed by atoms with Crippen LogP contribution in [0.4, 0.5) is 0 Å². The summed E-state index contributed by atoms with van der Waals surface area (Å²) < 4.78 is 0. The first-order chi connectivity index (χ1) is 4.31. The minimum Gasteiger partial charge on any atom is -0.330 e. The minimum atomic E-state index is 0.816. The Morgan fingerprint density at radius 1 is 1.44 bits per heavy atom. The van der Waals surface area contributed by atoms with E-state index in [2.05, 4.69) is 22.9 Å². The topological polar surface area (TPSA) is 26.0 Å². The zero-order valence-electron chi connectivity index (χ0n) is 6.07. The lowest BCUT2D eigenvalue weighted by molar-refractivity contribution is 0.551. The van der Waals surface area contributed by atoms with Crippen LogP contribution in [0.3, 0.4) is 0 Å². The van der Waals surface area contributed by atoms with Crippen molar-refractivity contribution in [1.29, 1.82) is 0 Å². The van der Waals surface area contributed by atoms with Gasteiger partial charge in [0.05, 0.1) is 0 Å². The molecule has 0 heterocycles. The maximum absolute atomic E-state index is 5.34. The number of rotatable bonds is 5. The number of halogens is 1. The van der Waals surface area contributed by atoms with E-state index in [9.17, 15) is 0 Å². The Morgan fingerprint density at radius 2 is 2.11 bits per heavy atom. The van der Waals surface area contributed by atoms with Crippen LogP contribution in [0.5, 0.6) is 0 Å². The molecule has 0 radical (unpaired) electrons. The van der Waals surface area contributed by atoms with E-state index in [0.717, 1.165) is 17.8 Å². The molecule has 0 aliphatic heterocycles. The smallest absolute Gasteiger partial charge is 0.00570 e.